The number of sulfonamides is 1. The van der Waals surface area contributed by atoms with E-state index in [1.807, 2.05) is 13.0 Å². The van der Waals surface area contributed by atoms with E-state index in [0.29, 0.717) is 13.2 Å². The SMILES string of the molecule is Cc1ccncc1CNS(=O)(=O)CCOCCN. The van der Waals surface area contributed by atoms with Crippen LogP contribution in [0.3, 0.4) is 0 Å². The summed E-state index contributed by atoms with van der Waals surface area (Å²) in [4.78, 5) is 3.96. The molecule has 0 amide bonds. The fourth-order valence-corrected chi connectivity index (χ4v) is 2.15. The molecule has 0 saturated carbocycles. The monoisotopic (exact) mass is 273 g/mol. The first-order valence-electron chi connectivity index (χ1n) is 5.70. The lowest BCUT2D eigenvalue weighted by molar-refractivity contribution is 0.156. The van der Waals surface area contributed by atoms with Crippen LogP contribution < -0.4 is 10.5 Å². The standard InChI is InChI=1S/C11H19N3O3S/c1-10-2-4-13-8-11(10)9-14-18(15,16)7-6-17-5-3-12/h2,4,8,14H,3,5-7,9,12H2,1H3. The second kappa shape index (κ2) is 7.42. The third-order valence-electron chi connectivity index (χ3n) is 2.39. The number of hydrogen-bond donors (Lipinski definition) is 2. The van der Waals surface area contributed by atoms with Crippen LogP contribution in [-0.2, 0) is 21.3 Å². The van der Waals surface area contributed by atoms with Crippen LogP contribution in [0.2, 0.25) is 0 Å². The van der Waals surface area contributed by atoms with Crippen molar-refractivity contribution in [3.05, 3.63) is 29.6 Å². The quantitative estimate of drug-likeness (QED) is 0.639. The van der Waals surface area contributed by atoms with Gasteiger partial charge in [0.2, 0.25) is 10.0 Å². The van der Waals surface area contributed by atoms with Crippen LogP contribution in [0, 0.1) is 6.92 Å². The van der Waals surface area contributed by atoms with E-state index in [9.17, 15) is 8.42 Å². The van der Waals surface area contributed by atoms with Crippen molar-refractivity contribution in [2.75, 3.05) is 25.5 Å². The highest BCUT2D eigenvalue weighted by Gasteiger charge is 2.10. The van der Waals surface area contributed by atoms with E-state index in [2.05, 4.69) is 9.71 Å². The Hall–Kier alpha value is -1.02. The number of nitrogens with two attached hydrogens (primary N) is 1. The molecule has 102 valence electrons. The Morgan fingerprint density at radius 2 is 2.22 bits per heavy atom. The number of aryl methyl sites for hydroxylation is 1. The van der Waals surface area contributed by atoms with Crippen LogP contribution in [0.4, 0.5) is 0 Å². The zero-order valence-electron chi connectivity index (χ0n) is 10.4. The molecule has 18 heavy (non-hydrogen) atoms. The van der Waals surface area contributed by atoms with Crippen molar-refractivity contribution in [1.29, 1.82) is 0 Å². The third kappa shape index (κ3) is 5.54. The van der Waals surface area contributed by atoms with E-state index < -0.39 is 10.0 Å². The molecule has 0 fully saturated rings. The molecule has 0 aliphatic heterocycles. The lowest BCUT2D eigenvalue weighted by Crippen LogP contribution is -2.28. The first-order chi connectivity index (χ1) is 8.55. The number of pyridine rings is 1. The van der Waals surface area contributed by atoms with Crippen molar-refractivity contribution in [2.24, 2.45) is 5.73 Å². The lowest BCUT2D eigenvalue weighted by Gasteiger charge is -2.08. The zero-order valence-corrected chi connectivity index (χ0v) is 11.2. The maximum Gasteiger partial charge on any atom is 0.214 e. The summed E-state index contributed by atoms with van der Waals surface area (Å²) >= 11 is 0. The van der Waals surface area contributed by atoms with Gasteiger partial charge in [-0.25, -0.2) is 13.1 Å². The number of ether oxygens (including phenoxy) is 1. The van der Waals surface area contributed by atoms with Crippen LogP contribution in [0.25, 0.3) is 0 Å². The summed E-state index contributed by atoms with van der Waals surface area (Å²) in [6, 6.07) is 1.84. The average molecular weight is 273 g/mol. The number of nitrogens with zero attached hydrogens (tertiary/aromatic N) is 1. The molecule has 1 heterocycles. The van der Waals surface area contributed by atoms with Crippen molar-refractivity contribution in [3.8, 4) is 0 Å². The Kier molecular flexibility index (Phi) is 6.20. The van der Waals surface area contributed by atoms with Crippen molar-refractivity contribution >= 4 is 10.0 Å². The van der Waals surface area contributed by atoms with Gasteiger partial charge in [0, 0.05) is 25.5 Å². The molecule has 7 heteroatoms. The Bertz CT molecular complexity index is 462. The van der Waals surface area contributed by atoms with Gasteiger partial charge in [-0.2, -0.15) is 0 Å². The Balaban J connectivity index is 2.40. The van der Waals surface area contributed by atoms with Gasteiger partial charge in [0.15, 0.2) is 0 Å². The molecule has 0 atom stereocenters. The molecule has 0 bridgehead atoms. The van der Waals surface area contributed by atoms with Gasteiger partial charge in [-0.1, -0.05) is 0 Å². The largest absolute Gasteiger partial charge is 0.379 e. The minimum Gasteiger partial charge on any atom is -0.379 e. The number of nitrogens with one attached hydrogen (secondary N) is 1. The highest BCUT2D eigenvalue weighted by atomic mass is 32.2. The Morgan fingerprint density at radius 3 is 2.89 bits per heavy atom. The minimum absolute atomic E-state index is 0.0632. The van der Waals surface area contributed by atoms with Gasteiger partial charge in [-0.05, 0) is 24.1 Å². The summed E-state index contributed by atoms with van der Waals surface area (Å²) in [5, 5.41) is 0. The van der Waals surface area contributed by atoms with Gasteiger partial charge in [-0.3, -0.25) is 4.98 Å². The number of hydrogen-bond acceptors (Lipinski definition) is 5. The second-order valence-electron chi connectivity index (χ2n) is 3.84. The maximum atomic E-state index is 11.6. The topological polar surface area (TPSA) is 94.3 Å². The highest BCUT2D eigenvalue weighted by molar-refractivity contribution is 7.89. The fraction of sp³-hybridized carbons (Fsp3) is 0.545. The van der Waals surface area contributed by atoms with Gasteiger partial charge in [0.25, 0.3) is 0 Å². The molecule has 0 unspecified atom stereocenters. The molecule has 6 nitrogen and oxygen atoms in total. The molecule has 0 aliphatic carbocycles. The number of aromatic nitrogens is 1. The van der Waals surface area contributed by atoms with Gasteiger partial charge in [-0.15, -0.1) is 0 Å². The van der Waals surface area contributed by atoms with Crippen molar-refractivity contribution < 1.29 is 13.2 Å². The summed E-state index contributed by atoms with van der Waals surface area (Å²) in [6.07, 6.45) is 3.33. The van der Waals surface area contributed by atoms with E-state index in [0.717, 1.165) is 11.1 Å². The van der Waals surface area contributed by atoms with Gasteiger partial charge < -0.3 is 10.5 Å². The first kappa shape index (κ1) is 15.0. The van der Waals surface area contributed by atoms with Gasteiger partial charge in [0.1, 0.15) is 0 Å². The Labute approximate surface area is 108 Å². The second-order valence-corrected chi connectivity index (χ2v) is 5.77. The fourth-order valence-electron chi connectivity index (χ4n) is 1.30. The van der Waals surface area contributed by atoms with Gasteiger partial charge >= 0.3 is 0 Å². The molecule has 0 spiro atoms. The highest BCUT2D eigenvalue weighted by Crippen LogP contribution is 2.04. The van der Waals surface area contributed by atoms with Crippen LogP contribution in [0.15, 0.2) is 18.5 Å². The summed E-state index contributed by atoms with van der Waals surface area (Å²) in [5.41, 5.74) is 7.10. The number of rotatable bonds is 8. The molecule has 1 aromatic heterocycles. The summed E-state index contributed by atoms with van der Waals surface area (Å²) in [6.45, 7) is 3.08. The molecular formula is C11H19N3O3S. The molecule has 1 aromatic rings. The van der Waals surface area contributed by atoms with Crippen molar-refractivity contribution in [1.82, 2.24) is 9.71 Å². The normalized spacial score (nSPS) is 11.7. The average Bonchev–Trinajstić information content (AvgIpc) is 2.34. The molecule has 0 saturated heterocycles. The van der Waals surface area contributed by atoms with Crippen molar-refractivity contribution in [3.63, 3.8) is 0 Å². The van der Waals surface area contributed by atoms with E-state index in [1.165, 1.54) is 0 Å². The smallest absolute Gasteiger partial charge is 0.214 e. The predicted octanol–water partition coefficient (Wildman–Crippen LogP) is -0.215. The van der Waals surface area contributed by atoms with Crippen LogP contribution in [-0.4, -0.2) is 38.9 Å². The summed E-state index contributed by atoms with van der Waals surface area (Å²) < 4.78 is 30.8. The molecule has 0 radical (unpaired) electrons. The van der Waals surface area contributed by atoms with Crippen LogP contribution in [0.1, 0.15) is 11.1 Å². The van der Waals surface area contributed by atoms with E-state index in [-0.39, 0.29) is 18.9 Å². The molecule has 1 rings (SSSR count). The Morgan fingerprint density at radius 1 is 1.44 bits per heavy atom. The molecule has 0 aromatic carbocycles. The lowest BCUT2D eigenvalue weighted by atomic mass is 10.2. The van der Waals surface area contributed by atoms with E-state index in [4.69, 9.17) is 10.5 Å². The van der Waals surface area contributed by atoms with Crippen molar-refractivity contribution in [2.45, 2.75) is 13.5 Å². The van der Waals surface area contributed by atoms with Gasteiger partial charge in [0.05, 0.1) is 19.0 Å². The maximum absolute atomic E-state index is 11.6. The zero-order chi connectivity index (χ0) is 13.4. The predicted molar refractivity (Wildman–Crippen MR) is 69.5 cm³/mol. The van der Waals surface area contributed by atoms with E-state index in [1.54, 1.807) is 12.4 Å². The summed E-state index contributed by atoms with van der Waals surface area (Å²) in [5.74, 6) is -0.0632. The van der Waals surface area contributed by atoms with Crippen LogP contribution >= 0.6 is 0 Å². The van der Waals surface area contributed by atoms with Crippen LogP contribution in [0.5, 0.6) is 0 Å². The minimum atomic E-state index is -3.32. The summed E-state index contributed by atoms with van der Waals surface area (Å²) in [7, 11) is -3.32. The van der Waals surface area contributed by atoms with E-state index >= 15 is 0 Å². The molecular weight excluding hydrogens is 254 g/mol. The molecule has 0 aliphatic rings. The third-order valence-corrected chi connectivity index (χ3v) is 3.68. The first-order valence-corrected chi connectivity index (χ1v) is 7.35. The molecule has 3 N–H and O–H groups in total.